The summed E-state index contributed by atoms with van der Waals surface area (Å²) in [4.78, 5) is 11.4. The maximum absolute atomic E-state index is 5.99. The van der Waals surface area contributed by atoms with E-state index in [1.807, 2.05) is 24.5 Å². The fourth-order valence-electron chi connectivity index (χ4n) is 3.43. The minimum atomic E-state index is 0. The highest BCUT2D eigenvalue weighted by Gasteiger charge is 2.22. The molecule has 138 valence electrons. The summed E-state index contributed by atoms with van der Waals surface area (Å²) in [5.74, 6) is 0.563. The molecule has 0 saturated carbocycles. The summed E-state index contributed by atoms with van der Waals surface area (Å²) in [6.07, 6.45) is 5.40. The lowest BCUT2D eigenvalue weighted by Gasteiger charge is -2.20. The van der Waals surface area contributed by atoms with Crippen molar-refractivity contribution in [2.75, 3.05) is 26.2 Å². The molecule has 3 N–H and O–H groups in total. The first kappa shape index (κ1) is 20.0. The van der Waals surface area contributed by atoms with Crippen LogP contribution in [0.4, 0.5) is 0 Å². The maximum Gasteiger partial charge on any atom is 0.188 e. The van der Waals surface area contributed by atoms with Crippen LogP contribution in [0.3, 0.4) is 0 Å². The molecule has 0 radical (unpaired) electrons. The molecule has 1 aromatic heterocycles. The van der Waals surface area contributed by atoms with Gasteiger partial charge in [0.25, 0.3) is 0 Å². The van der Waals surface area contributed by atoms with Gasteiger partial charge in [-0.3, -0.25) is 9.89 Å². The smallest absolute Gasteiger partial charge is 0.188 e. The van der Waals surface area contributed by atoms with E-state index in [9.17, 15) is 0 Å². The van der Waals surface area contributed by atoms with Gasteiger partial charge in [-0.25, -0.2) is 4.98 Å². The molecule has 1 saturated heterocycles. The van der Waals surface area contributed by atoms with E-state index in [1.165, 1.54) is 24.9 Å². The first-order valence-electron chi connectivity index (χ1n) is 8.95. The largest absolute Gasteiger partial charge is 0.370 e. The van der Waals surface area contributed by atoms with Crippen LogP contribution in [0.2, 0.25) is 0 Å². The number of imidazole rings is 1. The van der Waals surface area contributed by atoms with Crippen molar-refractivity contribution < 1.29 is 0 Å². The van der Waals surface area contributed by atoms with E-state index in [2.05, 4.69) is 37.8 Å². The zero-order valence-electron chi connectivity index (χ0n) is 14.9. The molecule has 1 aromatic carbocycles. The Hall–Kier alpha value is -1.35. The Kier molecular flexibility index (Phi) is 7.95. The van der Waals surface area contributed by atoms with Gasteiger partial charge < -0.3 is 15.6 Å². The van der Waals surface area contributed by atoms with E-state index < -0.39 is 0 Å². The minimum Gasteiger partial charge on any atom is -0.370 e. The summed E-state index contributed by atoms with van der Waals surface area (Å²) < 4.78 is 2.18. The van der Waals surface area contributed by atoms with Crippen molar-refractivity contribution in [3.8, 4) is 0 Å². The number of hydrogen-bond acceptors (Lipinski definition) is 3. The number of nitrogens with zero attached hydrogens (tertiary/aromatic N) is 4. The Morgan fingerprint density at radius 1 is 1.40 bits per heavy atom. The number of hydrogen-bond donors (Lipinski definition) is 2. The molecule has 3 rings (SSSR count). The average molecular weight is 456 g/mol. The van der Waals surface area contributed by atoms with E-state index in [4.69, 9.17) is 5.73 Å². The van der Waals surface area contributed by atoms with Crippen LogP contribution in [0.1, 0.15) is 26.2 Å². The number of guanidine groups is 1. The van der Waals surface area contributed by atoms with Crippen molar-refractivity contribution in [1.82, 2.24) is 19.8 Å². The predicted octanol–water partition coefficient (Wildman–Crippen LogP) is 2.43. The number of fused-ring (bicyclic) bond motifs is 1. The van der Waals surface area contributed by atoms with Crippen LogP contribution in [0.15, 0.2) is 35.6 Å². The molecule has 1 aliphatic rings. The Bertz CT molecular complexity index is 683. The van der Waals surface area contributed by atoms with E-state index in [1.54, 1.807) is 0 Å². The van der Waals surface area contributed by atoms with Crippen LogP contribution in [0.5, 0.6) is 0 Å². The standard InChI is InChI=1S/C18H28N6.HI/c1-2-23-11-5-7-15(23)13-21-18(19)20-10-6-12-24-14-22-16-8-3-4-9-17(16)24;/h3-4,8-9,14-15H,2,5-7,10-13H2,1H3,(H3,19,20,21);1H. The number of rotatable bonds is 7. The summed E-state index contributed by atoms with van der Waals surface area (Å²) in [6, 6.07) is 8.77. The Balaban J connectivity index is 0.00000225. The van der Waals surface area contributed by atoms with E-state index >= 15 is 0 Å². The summed E-state index contributed by atoms with van der Waals surface area (Å²) in [5, 5.41) is 3.23. The van der Waals surface area contributed by atoms with Crippen LogP contribution in [-0.4, -0.2) is 52.6 Å². The zero-order chi connectivity index (χ0) is 16.8. The first-order chi connectivity index (χ1) is 11.8. The topological polar surface area (TPSA) is 71.5 Å². The number of likely N-dealkylation sites (tertiary alicyclic amines) is 1. The van der Waals surface area contributed by atoms with Gasteiger partial charge in [0.05, 0.1) is 23.9 Å². The second kappa shape index (κ2) is 9.96. The number of aromatic nitrogens is 2. The van der Waals surface area contributed by atoms with Gasteiger partial charge in [0.2, 0.25) is 0 Å². The van der Waals surface area contributed by atoms with Gasteiger partial charge in [-0.15, -0.1) is 24.0 Å². The van der Waals surface area contributed by atoms with E-state index in [-0.39, 0.29) is 24.0 Å². The number of halogens is 1. The molecular formula is C18H29IN6. The molecule has 0 spiro atoms. The van der Waals surface area contributed by atoms with Gasteiger partial charge in [-0.2, -0.15) is 0 Å². The number of likely N-dealkylation sites (N-methyl/N-ethyl adjacent to an activating group) is 1. The Morgan fingerprint density at radius 2 is 2.24 bits per heavy atom. The highest BCUT2D eigenvalue weighted by atomic mass is 127. The molecule has 25 heavy (non-hydrogen) atoms. The van der Waals surface area contributed by atoms with E-state index in [0.717, 1.165) is 38.1 Å². The molecule has 1 unspecified atom stereocenters. The van der Waals surface area contributed by atoms with Crippen molar-refractivity contribution in [2.45, 2.75) is 38.8 Å². The van der Waals surface area contributed by atoms with Crippen LogP contribution < -0.4 is 11.1 Å². The molecular weight excluding hydrogens is 427 g/mol. The lowest BCUT2D eigenvalue weighted by molar-refractivity contribution is 0.273. The van der Waals surface area contributed by atoms with Crippen molar-refractivity contribution in [2.24, 2.45) is 10.7 Å². The van der Waals surface area contributed by atoms with Crippen LogP contribution in [-0.2, 0) is 6.54 Å². The second-order valence-corrected chi connectivity index (χ2v) is 6.36. The number of nitrogens with two attached hydrogens (primary N) is 1. The lowest BCUT2D eigenvalue weighted by Crippen LogP contribution is -2.36. The maximum atomic E-state index is 5.99. The predicted molar refractivity (Wildman–Crippen MR) is 115 cm³/mol. The number of para-hydroxylation sites is 2. The second-order valence-electron chi connectivity index (χ2n) is 6.36. The Labute approximate surface area is 166 Å². The van der Waals surface area contributed by atoms with Crippen molar-refractivity contribution >= 4 is 41.0 Å². The van der Waals surface area contributed by atoms with Gasteiger partial charge in [-0.1, -0.05) is 19.1 Å². The monoisotopic (exact) mass is 456 g/mol. The van der Waals surface area contributed by atoms with Gasteiger partial charge in [0, 0.05) is 19.1 Å². The quantitative estimate of drug-likeness (QED) is 0.291. The third kappa shape index (κ3) is 5.31. The highest BCUT2D eigenvalue weighted by Crippen LogP contribution is 2.16. The molecule has 7 heteroatoms. The summed E-state index contributed by atoms with van der Waals surface area (Å²) >= 11 is 0. The third-order valence-corrected chi connectivity index (χ3v) is 4.79. The fourth-order valence-corrected chi connectivity index (χ4v) is 3.43. The van der Waals surface area contributed by atoms with Crippen LogP contribution in [0.25, 0.3) is 11.0 Å². The normalized spacial score (nSPS) is 18.4. The van der Waals surface area contributed by atoms with Crippen molar-refractivity contribution in [1.29, 1.82) is 0 Å². The van der Waals surface area contributed by atoms with Crippen LogP contribution >= 0.6 is 24.0 Å². The summed E-state index contributed by atoms with van der Waals surface area (Å²) in [6.45, 7) is 7.06. The fraction of sp³-hybridized carbons (Fsp3) is 0.556. The molecule has 2 aromatic rings. The SMILES string of the molecule is CCN1CCCC1CN=C(N)NCCCn1cnc2ccccc21.I. The minimum absolute atomic E-state index is 0. The molecule has 6 nitrogen and oxygen atoms in total. The highest BCUT2D eigenvalue weighted by molar-refractivity contribution is 14.0. The van der Waals surface area contributed by atoms with Crippen LogP contribution in [0, 0.1) is 0 Å². The van der Waals surface area contributed by atoms with Gasteiger partial charge in [0.15, 0.2) is 5.96 Å². The van der Waals surface area contributed by atoms with Crippen molar-refractivity contribution in [3.05, 3.63) is 30.6 Å². The third-order valence-electron chi connectivity index (χ3n) is 4.79. The first-order valence-corrected chi connectivity index (χ1v) is 8.95. The molecule has 1 atom stereocenters. The molecule has 2 heterocycles. The molecule has 1 aliphatic heterocycles. The average Bonchev–Trinajstić information content (AvgIpc) is 3.23. The molecule has 1 fully saturated rings. The Morgan fingerprint density at radius 3 is 3.08 bits per heavy atom. The van der Waals surface area contributed by atoms with Crippen molar-refractivity contribution in [3.63, 3.8) is 0 Å². The molecule has 0 aliphatic carbocycles. The summed E-state index contributed by atoms with van der Waals surface area (Å²) in [5.41, 5.74) is 8.22. The molecule has 0 amide bonds. The number of aryl methyl sites for hydroxylation is 1. The zero-order valence-corrected chi connectivity index (χ0v) is 17.2. The molecule has 0 bridgehead atoms. The van der Waals surface area contributed by atoms with Gasteiger partial charge >= 0.3 is 0 Å². The number of nitrogens with one attached hydrogen (secondary N) is 1. The van der Waals surface area contributed by atoms with Gasteiger partial charge in [-0.05, 0) is 44.5 Å². The number of benzene rings is 1. The lowest BCUT2D eigenvalue weighted by atomic mass is 10.2. The van der Waals surface area contributed by atoms with E-state index in [0.29, 0.717) is 12.0 Å². The summed E-state index contributed by atoms with van der Waals surface area (Å²) in [7, 11) is 0. The number of aliphatic imine (C=N–C) groups is 1. The van der Waals surface area contributed by atoms with Gasteiger partial charge in [0.1, 0.15) is 0 Å².